The minimum absolute atomic E-state index is 0. The van der Waals surface area contributed by atoms with Crippen LogP contribution in [0.1, 0.15) is 56.4 Å². The first-order valence-electron chi connectivity index (χ1n) is 12.4. The fraction of sp³-hybridized carbons (Fsp3) is 0.393. The fourth-order valence-electron chi connectivity index (χ4n) is 3.83. The van der Waals surface area contributed by atoms with Gasteiger partial charge in [0.1, 0.15) is 17.1 Å². The van der Waals surface area contributed by atoms with Gasteiger partial charge in [-0.1, -0.05) is 44.5 Å². The van der Waals surface area contributed by atoms with Gasteiger partial charge in [0.2, 0.25) is 5.88 Å². The second kappa shape index (κ2) is 11.5. The summed E-state index contributed by atoms with van der Waals surface area (Å²) in [5.74, 6) is 0.146. The van der Waals surface area contributed by atoms with Crippen LogP contribution in [0.4, 0.5) is 5.82 Å². The fourth-order valence-corrected chi connectivity index (χ4v) is 4.77. The van der Waals surface area contributed by atoms with E-state index in [4.69, 9.17) is 4.74 Å². The van der Waals surface area contributed by atoms with Gasteiger partial charge in [-0.25, -0.2) is 14.7 Å². The van der Waals surface area contributed by atoms with Gasteiger partial charge in [0.15, 0.2) is 5.03 Å². The molecule has 0 atom stereocenters. The van der Waals surface area contributed by atoms with E-state index in [2.05, 4.69) is 20.0 Å². The molecule has 0 bridgehead atoms. The lowest BCUT2D eigenvalue weighted by Gasteiger charge is -2.21. The number of amides is 1. The Hall–Kier alpha value is -3.50. The number of anilines is 1. The predicted octanol–water partition coefficient (Wildman–Crippen LogP) is 5.08. The topological polar surface area (TPSA) is 114 Å². The van der Waals surface area contributed by atoms with Crippen molar-refractivity contribution in [1.29, 1.82) is 0 Å². The maximum Gasteiger partial charge on any atom is 0.281 e. The Kier molecular flexibility index (Phi) is 8.79. The van der Waals surface area contributed by atoms with Crippen LogP contribution in [-0.4, -0.2) is 56.4 Å². The van der Waals surface area contributed by atoms with Crippen molar-refractivity contribution in [2.24, 2.45) is 0 Å². The number of likely N-dealkylation sites (N-methyl/N-ethyl adjacent to an activating group) is 1. The molecule has 0 radical (unpaired) electrons. The Balaban J connectivity index is 0.00000400. The molecule has 9 nitrogen and oxygen atoms in total. The molecule has 0 spiro atoms. The van der Waals surface area contributed by atoms with Crippen LogP contribution in [0, 0.1) is 20.8 Å². The van der Waals surface area contributed by atoms with Crippen molar-refractivity contribution in [3.8, 4) is 11.6 Å². The van der Waals surface area contributed by atoms with Gasteiger partial charge in [-0.15, -0.1) is 0 Å². The summed E-state index contributed by atoms with van der Waals surface area (Å²) in [6.07, 6.45) is 0. The Morgan fingerprint density at radius 3 is 2.29 bits per heavy atom. The molecule has 3 aromatic rings. The van der Waals surface area contributed by atoms with Crippen molar-refractivity contribution in [2.75, 3.05) is 32.5 Å². The molecule has 0 fully saturated rings. The lowest BCUT2D eigenvalue weighted by Crippen LogP contribution is -2.32. The van der Waals surface area contributed by atoms with Crippen LogP contribution in [0.2, 0.25) is 0 Å². The monoisotopic (exact) mass is 543 g/mol. The van der Waals surface area contributed by atoms with E-state index in [-0.39, 0.29) is 24.7 Å². The molecule has 2 aromatic heterocycles. The number of hydrogen-bond acceptors (Lipinski definition) is 8. The molecule has 2 heterocycles. The predicted molar refractivity (Wildman–Crippen MR) is 154 cm³/mol. The van der Waals surface area contributed by atoms with Crippen LogP contribution in [0.5, 0.6) is 11.6 Å². The standard InChI is InChI=1S/C28H37N5O4S.2H2/c1-18-16-19(2)25(20(3)17-18)37-27-21(12-13-22(30-27)28(4,5)6)26(34)32-38(35,36)24-11-9-10-23(31-24)29-14-15-33(7)8;;/h9-13,16-17H,14-15H2,1-8H3,(H,29,31)(H,32,34);2*1H. The number of carbonyl (C=O) groups is 1. The van der Waals surface area contributed by atoms with Gasteiger partial charge in [-0.05, 0) is 70.3 Å². The molecule has 1 aromatic carbocycles. The van der Waals surface area contributed by atoms with E-state index in [0.29, 0.717) is 23.8 Å². The van der Waals surface area contributed by atoms with E-state index in [0.717, 1.165) is 23.2 Å². The summed E-state index contributed by atoms with van der Waals surface area (Å²) in [6.45, 7) is 13.1. The molecule has 3 rings (SSSR count). The number of rotatable bonds is 9. The smallest absolute Gasteiger partial charge is 0.281 e. The van der Waals surface area contributed by atoms with Crippen LogP contribution in [0.25, 0.3) is 0 Å². The Morgan fingerprint density at radius 1 is 1.03 bits per heavy atom. The van der Waals surface area contributed by atoms with E-state index in [9.17, 15) is 13.2 Å². The number of carbonyl (C=O) groups excluding carboxylic acids is 1. The summed E-state index contributed by atoms with van der Waals surface area (Å²) >= 11 is 0. The van der Waals surface area contributed by atoms with Gasteiger partial charge in [0, 0.05) is 27.1 Å². The number of ether oxygens (including phenoxy) is 1. The van der Waals surface area contributed by atoms with E-state index in [1.165, 1.54) is 6.07 Å². The lowest BCUT2D eigenvalue weighted by molar-refractivity contribution is 0.0978. The summed E-state index contributed by atoms with van der Waals surface area (Å²) in [4.78, 5) is 24.1. The molecular formula is C28H41N5O4S. The number of hydrogen-bond donors (Lipinski definition) is 2. The number of nitrogens with one attached hydrogen (secondary N) is 2. The van der Waals surface area contributed by atoms with E-state index < -0.39 is 15.9 Å². The average Bonchev–Trinajstić information content (AvgIpc) is 2.80. The molecule has 0 saturated carbocycles. The molecule has 0 unspecified atom stereocenters. The van der Waals surface area contributed by atoms with Crippen molar-refractivity contribution < 1.29 is 20.8 Å². The maximum absolute atomic E-state index is 13.3. The highest BCUT2D eigenvalue weighted by atomic mass is 32.2. The highest BCUT2D eigenvalue weighted by Gasteiger charge is 2.26. The number of aromatic nitrogens is 2. The quantitative estimate of drug-likeness (QED) is 0.384. The van der Waals surface area contributed by atoms with Crippen LogP contribution in [-0.2, 0) is 15.4 Å². The van der Waals surface area contributed by atoms with Gasteiger partial charge < -0.3 is 15.0 Å². The Bertz CT molecular complexity index is 1420. The number of nitrogens with zero attached hydrogens (tertiary/aromatic N) is 3. The summed E-state index contributed by atoms with van der Waals surface area (Å²) in [5, 5.41) is 2.81. The van der Waals surface area contributed by atoms with E-state index >= 15 is 0 Å². The first-order valence-corrected chi connectivity index (χ1v) is 13.9. The average molecular weight is 544 g/mol. The summed E-state index contributed by atoms with van der Waals surface area (Å²) in [6, 6.07) is 11.8. The third-order valence-corrected chi connectivity index (χ3v) is 7.00. The highest BCUT2D eigenvalue weighted by molar-refractivity contribution is 7.90. The molecule has 2 N–H and O–H groups in total. The molecule has 38 heavy (non-hydrogen) atoms. The first-order chi connectivity index (χ1) is 17.7. The third kappa shape index (κ3) is 7.29. The zero-order valence-corrected chi connectivity index (χ0v) is 24.2. The first kappa shape index (κ1) is 29.1. The van der Waals surface area contributed by atoms with Crippen LogP contribution >= 0.6 is 0 Å². The largest absolute Gasteiger partial charge is 0.438 e. The van der Waals surface area contributed by atoms with Gasteiger partial charge in [0.05, 0.1) is 0 Å². The van der Waals surface area contributed by atoms with Gasteiger partial charge in [-0.3, -0.25) is 4.79 Å². The summed E-state index contributed by atoms with van der Waals surface area (Å²) in [5.41, 5.74) is 3.23. The molecule has 0 aliphatic heterocycles. The molecule has 10 heteroatoms. The zero-order valence-electron chi connectivity index (χ0n) is 23.3. The Morgan fingerprint density at radius 2 is 1.68 bits per heavy atom. The summed E-state index contributed by atoms with van der Waals surface area (Å²) < 4.78 is 34.5. The SMILES string of the molecule is Cc1cc(C)c(Oc2nc(C(C)(C)C)ccc2C(=O)NS(=O)(=O)c2cccc(NCCN(C)C)n2)c(C)c1.[HH].[HH]. The lowest BCUT2D eigenvalue weighted by atomic mass is 9.91. The highest BCUT2D eigenvalue weighted by Crippen LogP contribution is 2.33. The molecule has 1 amide bonds. The zero-order chi connectivity index (χ0) is 28.3. The molecule has 208 valence electrons. The van der Waals surface area contributed by atoms with E-state index in [1.54, 1.807) is 24.3 Å². The minimum Gasteiger partial charge on any atom is -0.438 e. The number of aryl methyl sites for hydroxylation is 3. The van der Waals surface area contributed by atoms with Crippen molar-refractivity contribution in [3.63, 3.8) is 0 Å². The maximum atomic E-state index is 13.3. The van der Waals surface area contributed by atoms with Crippen LogP contribution < -0.4 is 14.8 Å². The number of benzene rings is 1. The van der Waals surface area contributed by atoms with Crippen LogP contribution in [0.15, 0.2) is 47.5 Å². The van der Waals surface area contributed by atoms with Gasteiger partial charge in [0.25, 0.3) is 15.9 Å². The van der Waals surface area contributed by atoms with Gasteiger partial charge in [-0.2, -0.15) is 8.42 Å². The second-order valence-corrected chi connectivity index (χ2v) is 12.3. The normalized spacial score (nSPS) is 11.9. The third-order valence-electron chi connectivity index (χ3n) is 5.77. The van der Waals surface area contributed by atoms with Crippen LogP contribution in [0.3, 0.4) is 0 Å². The molecule has 0 saturated heterocycles. The van der Waals surface area contributed by atoms with Crippen molar-refractivity contribution in [1.82, 2.24) is 19.6 Å². The molecular weight excluding hydrogens is 502 g/mol. The van der Waals surface area contributed by atoms with Crippen molar-refractivity contribution in [2.45, 2.75) is 52.0 Å². The number of pyridine rings is 2. The minimum atomic E-state index is -4.27. The second-order valence-electron chi connectivity index (χ2n) is 10.7. The van der Waals surface area contributed by atoms with E-state index in [1.807, 2.05) is 72.7 Å². The van der Waals surface area contributed by atoms with Gasteiger partial charge >= 0.3 is 0 Å². The van der Waals surface area contributed by atoms with Crippen molar-refractivity contribution in [3.05, 3.63) is 70.4 Å². The molecule has 0 aliphatic carbocycles. The summed E-state index contributed by atoms with van der Waals surface area (Å²) in [7, 11) is -0.389. The van der Waals surface area contributed by atoms with Crippen molar-refractivity contribution >= 4 is 21.7 Å². The Labute approximate surface area is 228 Å². The molecule has 0 aliphatic rings. The number of sulfonamides is 1.